The summed E-state index contributed by atoms with van der Waals surface area (Å²) in [7, 11) is 0. The second-order valence-corrected chi connectivity index (χ2v) is 8.59. The number of nitrogens with one attached hydrogen (secondary N) is 1. The molecule has 1 unspecified atom stereocenters. The van der Waals surface area contributed by atoms with Gasteiger partial charge in [-0.3, -0.25) is 4.79 Å². The van der Waals surface area contributed by atoms with Gasteiger partial charge in [-0.2, -0.15) is 0 Å². The Hall–Kier alpha value is -2.93. The molecule has 7 nitrogen and oxygen atoms in total. The molecule has 7 heteroatoms. The molecule has 0 radical (unpaired) electrons. The normalized spacial score (nSPS) is 18.5. The monoisotopic (exact) mass is 435 g/mol. The van der Waals surface area contributed by atoms with Gasteiger partial charge in [-0.15, -0.1) is 0 Å². The molecule has 1 N–H and O–H groups in total. The van der Waals surface area contributed by atoms with Crippen LogP contribution in [-0.4, -0.2) is 59.4 Å². The molecule has 1 aromatic heterocycles. The molecule has 1 fully saturated rings. The van der Waals surface area contributed by atoms with E-state index in [0.717, 1.165) is 58.4 Å². The molecule has 0 saturated carbocycles. The van der Waals surface area contributed by atoms with Crippen molar-refractivity contribution in [2.24, 2.45) is 5.92 Å². The molecule has 3 heterocycles. The molecule has 2 aliphatic rings. The van der Waals surface area contributed by atoms with Gasteiger partial charge in [0.15, 0.2) is 5.82 Å². The fourth-order valence-corrected chi connectivity index (χ4v) is 4.71. The highest BCUT2D eigenvalue weighted by atomic mass is 16.2. The molecular formula is C25H33N5O2. The number of fused-ring (bicyclic) bond motifs is 2. The third-order valence-electron chi connectivity index (χ3n) is 6.62. The summed E-state index contributed by atoms with van der Waals surface area (Å²) in [5, 5.41) is 2.94. The molecule has 1 atom stereocenters. The van der Waals surface area contributed by atoms with Gasteiger partial charge < -0.3 is 15.1 Å². The summed E-state index contributed by atoms with van der Waals surface area (Å²) in [6, 6.07) is 10.8. The van der Waals surface area contributed by atoms with Crippen LogP contribution in [0.1, 0.15) is 49.9 Å². The van der Waals surface area contributed by atoms with Crippen molar-refractivity contribution in [3.63, 3.8) is 0 Å². The number of hydrogen-bond donors (Lipinski definition) is 1. The van der Waals surface area contributed by atoms with Crippen molar-refractivity contribution in [1.82, 2.24) is 14.8 Å². The van der Waals surface area contributed by atoms with Crippen LogP contribution < -0.4 is 10.2 Å². The van der Waals surface area contributed by atoms with Gasteiger partial charge in [-0.25, -0.2) is 14.7 Å². The Morgan fingerprint density at radius 2 is 1.97 bits per heavy atom. The second-order valence-electron chi connectivity index (χ2n) is 8.59. The molecule has 2 aromatic rings. The number of nitrogens with zero attached hydrogens (tertiary/aromatic N) is 4. The largest absolute Gasteiger partial charge is 0.330 e. The number of hydrogen-bond acceptors (Lipinski definition) is 4. The summed E-state index contributed by atoms with van der Waals surface area (Å²) in [5.41, 5.74) is 1.69. The maximum absolute atomic E-state index is 13.9. The van der Waals surface area contributed by atoms with Crippen LogP contribution in [0, 0.1) is 5.92 Å². The molecular weight excluding hydrogens is 402 g/mol. The minimum absolute atomic E-state index is 0.108. The maximum Gasteiger partial charge on any atom is 0.330 e. The number of rotatable bonds is 5. The first-order valence-corrected chi connectivity index (χ1v) is 11.8. The third kappa shape index (κ3) is 4.63. The Morgan fingerprint density at radius 3 is 2.78 bits per heavy atom. The van der Waals surface area contributed by atoms with Crippen LogP contribution in [-0.2, 0) is 0 Å². The van der Waals surface area contributed by atoms with Gasteiger partial charge in [-0.1, -0.05) is 32.4 Å². The number of likely N-dealkylation sites (tertiary alicyclic amines) is 1. The summed E-state index contributed by atoms with van der Waals surface area (Å²) in [5.74, 6) is 0.625. The summed E-state index contributed by atoms with van der Waals surface area (Å²) >= 11 is 0. The number of anilines is 3. The van der Waals surface area contributed by atoms with E-state index in [9.17, 15) is 9.59 Å². The number of urea groups is 1. The Kier molecular flexibility index (Phi) is 7.05. The molecule has 1 saturated heterocycles. The minimum atomic E-state index is -0.246. The van der Waals surface area contributed by atoms with Crippen LogP contribution in [0.25, 0.3) is 0 Å². The van der Waals surface area contributed by atoms with Crippen LogP contribution in [0.2, 0.25) is 0 Å². The highest BCUT2D eigenvalue weighted by molar-refractivity contribution is 6.16. The predicted octanol–water partition coefficient (Wildman–Crippen LogP) is 4.74. The van der Waals surface area contributed by atoms with Crippen LogP contribution in [0.15, 0.2) is 42.6 Å². The number of pyridine rings is 1. The fraction of sp³-hybridized carbons (Fsp3) is 0.480. The zero-order chi connectivity index (χ0) is 22.5. The molecule has 0 aliphatic carbocycles. The second kappa shape index (κ2) is 10.1. The Labute approximate surface area is 190 Å². The molecule has 4 rings (SSSR count). The van der Waals surface area contributed by atoms with Crippen LogP contribution >= 0.6 is 0 Å². The number of carbonyl (C=O) groups excluding carboxylic acids is 2. The smallest absolute Gasteiger partial charge is 0.324 e. The molecule has 2 aliphatic heterocycles. The van der Waals surface area contributed by atoms with Gasteiger partial charge in [0, 0.05) is 19.3 Å². The third-order valence-corrected chi connectivity index (χ3v) is 6.62. The highest BCUT2D eigenvalue weighted by Gasteiger charge is 2.34. The van der Waals surface area contributed by atoms with Crippen molar-refractivity contribution in [2.75, 3.05) is 42.9 Å². The zero-order valence-electron chi connectivity index (χ0n) is 19.1. The number of aromatic nitrogens is 1. The first kappa shape index (κ1) is 22.3. The molecule has 1 aromatic carbocycles. The summed E-state index contributed by atoms with van der Waals surface area (Å²) in [6.07, 6.45) is 6.01. The Morgan fingerprint density at radius 1 is 1.16 bits per heavy atom. The summed E-state index contributed by atoms with van der Waals surface area (Å²) in [6.45, 7) is 9.03. The zero-order valence-corrected chi connectivity index (χ0v) is 19.1. The van der Waals surface area contributed by atoms with E-state index < -0.39 is 0 Å². The molecule has 32 heavy (non-hydrogen) atoms. The van der Waals surface area contributed by atoms with Crippen LogP contribution in [0.5, 0.6) is 0 Å². The van der Waals surface area contributed by atoms with Crippen molar-refractivity contribution in [1.29, 1.82) is 0 Å². The number of amides is 3. The van der Waals surface area contributed by atoms with Gasteiger partial charge in [0.2, 0.25) is 0 Å². The van der Waals surface area contributed by atoms with Crippen molar-refractivity contribution >= 4 is 29.1 Å². The quantitative estimate of drug-likeness (QED) is 0.737. The Bertz CT molecular complexity index is 959. The average Bonchev–Trinajstić information content (AvgIpc) is 3.13. The van der Waals surface area contributed by atoms with Gasteiger partial charge in [0.25, 0.3) is 5.91 Å². The van der Waals surface area contributed by atoms with E-state index in [2.05, 4.69) is 29.0 Å². The summed E-state index contributed by atoms with van der Waals surface area (Å²) in [4.78, 5) is 37.3. The minimum Gasteiger partial charge on any atom is -0.324 e. The van der Waals surface area contributed by atoms with E-state index in [1.807, 2.05) is 29.2 Å². The van der Waals surface area contributed by atoms with E-state index >= 15 is 0 Å². The van der Waals surface area contributed by atoms with E-state index in [1.54, 1.807) is 23.2 Å². The van der Waals surface area contributed by atoms with Crippen molar-refractivity contribution in [3.05, 3.63) is 48.2 Å². The van der Waals surface area contributed by atoms with Gasteiger partial charge in [-0.05, 0) is 69.1 Å². The number of para-hydroxylation sites is 2. The highest BCUT2D eigenvalue weighted by Crippen LogP contribution is 2.37. The molecule has 170 valence electrons. The van der Waals surface area contributed by atoms with Gasteiger partial charge in [0.1, 0.15) is 0 Å². The molecule has 0 spiro atoms. The Balaban J connectivity index is 1.63. The van der Waals surface area contributed by atoms with E-state index in [0.29, 0.717) is 28.7 Å². The van der Waals surface area contributed by atoms with Crippen LogP contribution in [0.4, 0.5) is 22.0 Å². The van der Waals surface area contributed by atoms with E-state index in [4.69, 9.17) is 0 Å². The lowest BCUT2D eigenvalue weighted by Crippen LogP contribution is -2.43. The number of benzene rings is 1. The topological polar surface area (TPSA) is 68.8 Å². The lowest BCUT2D eigenvalue weighted by Gasteiger charge is -2.32. The van der Waals surface area contributed by atoms with Crippen molar-refractivity contribution in [3.8, 4) is 0 Å². The van der Waals surface area contributed by atoms with Crippen molar-refractivity contribution < 1.29 is 9.59 Å². The van der Waals surface area contributed by atoms with E-state index in [1.165, 1.54) is 0 Å². The molecule has 0 bridgehead atoms. The first-order chi connectivity index (χ1) is 15.6. The van der Waals surface area contributed by atoms with Crippen LogP contribution in [0.3, 0.4) is 0 Å². The SMILES string of the molecule is CCN(CC)CCC1CCCCN(C(=O)N2c3ccccc3NC(=O)c3cccnc32)C1. The van der Waals surface area contributed by atoms with Gasteiger partial charge in [0.05, 0.1) is 16.9 Å². The van der Waals surface area contributed by atoms with Crippen molar-refractivity contribution in [2.45, 2.75) is 39.5 Å². The number of carbonyl (C=O) groups is 2. The lowest BCUT2D eigenvalue weighted by atomic mass is 9.99. The lowest BCUT2D eigenvalue weighted by molar-refractivity contribution is 0.102. The maximum atomic E-state index is 13.9. The standard InChI is InChI=1S/C25H33N5O2/c1-3-28(4-2)17-14-19-10-7-8-16-29(18-19)25(32)30-22-13-6-5-12-21(22)27-24(31)20-11-9-15-26-23(20)30/h5-6,9,11-13,15,19H,3-4,7-8,10,14,16-18H2,1-2H3,(H,27,31). The average molecular weight is 436 g/mol. The summed E-state index contributed by atoms with van der Waals surface area (Å²) < 4.78 is 0. The van der Waals surface area contributed by atoms with Gasteiger partial charge >= 0.3 is 6.03 Å². The molecule has 3 amide bonds. The fourth-order valence-electron chi connectivity index (χ4n) is 4.71. The van der Waals surface area contributed by atoms with E-state index in [-0.39, 0.29) is 11.9 Å². The predicted molar refractivity (Wildman–Crippen MR) is 127 cm³/mol. The first-order valence-electron chi connectivity index (χ1n) is 11.8.